The summed E-state index contributed by atoms with van der Waals surface area (Å²) in [7, 11) is 0. The first-order valence-corrected chi connectivity index (χ1v) is 9.32. The van der Waals surface area contributed by atoms with Crippen LogP contribution >= 0.6 is 58.5 Å². The SMILES string of the molecule is CCNC(=NCc1cc(Cl)cc(Cl)c1OC(F)F)NCc1ncc(C)s1.I. The van der Waals surface area contributed by atoms with Crippen molar-refractivity contribution in [3.8, 4) is 5.75 Å². The van der Waals surface area contributed by atoms with Gasteiger partial charge in [-0.05, 0) is 26.0 Å². The van der Waals surface area contributed by atoms with Crippen LogP contribution in [0.5, 0.6) is 5.75 Å². The first kappa shape index (κ1) is 24.1. The fourth-order valence-electron chi connectivity index (χ4n) is 2.10. The number of hydrogen-bond donors (Lipinski definition) is 2. The molecule has 1 heterocycles. The highest BCUT2D eigenvalue weighted by Gasteiger charge is 2.15. The van der Waals surface area contributed by atoms with Crippen molar-refractivity contribution in [2.75, 3.05) is 6.54 Å². The number of aliphatic imine (C=N–C) groups is 1. The molecule has 2 aromatic rings. The number of alkyl halides is 2. The smallest absolute Gasteiger partial charge is 0.387 e. The molecule has 0 fully saturated rings. The van der Waals surface area contributed by atoms with Gasteiger partial charge in [-0.2, -0.15) is 8.78 Å². The molecule has 1 aromatic carbocycles. The van der Waals surface area contributed by atoms with E-state index in [1.54, 1.807) is 17.5 Å². The summed E-state index contributed by atoms with van der Waals surface area (Å²) >= 11 is 13.5. The minimum absolute atomic E-state index is 0. The van der Waals surface area contributed by atoms with E-state index < -0.39 is 6.61 Å². The molecule has 0 radical (unpaired) electrons. The number of halogens is 5. The number of hydrogen-bond acceptors (Lipinski definition) is 4. The Morgan fingerprint density at radius 1 is 1.33 bits per heavy atom. The number of aromatic nitrogens is 1. The van der Waals surface area contributed by atoms with Gasteiger partial charge >= 0.3 is 6.61 Å². The summed E-state index contributed by atoms with van der Waals surface area (Å²) in [4.78, 5) is 9.77. The Morgan fingerprint density at radius 3 is 2.67 bits per heavy atom. The topological polar surface area (TPSA) is 58.5 Å². The minimum atomic E-state index is -2.99. The molecular weight excluding hydrogens is 532 g/mol. The average Bonchev–Trinajstić information content (AvgIpc) is 2.98. The molecular formula is C16H19Cl2F2IN4OS. The van der Waals surface area contributed by atoms with Crippen molar-refractivity contribution in [2.45, 2.75) is 33.5 Å². The number of nitrogens with one attached hydrogen (secondary N) is 2. The molecule has 2 rings (SSSR count). The minimum Gasteiger partial charge on any atom is -0.433 e. The van der Waals surface area contributed by atoms with Crippen LogP contribution in [0.2, 0.25) is 10.0 Å². The molecule has 0 unspecified atom stereocenters. The maximum atomic E-state index is 12.6. The molecule has 0 aliphatic rings. The number of rotatable bonds is 7. The normalized spacial score (nSPS) is 11.3. The molecule has 0 amide bonds. The second-order valence-electron chi connectivity index (χ2n) is 5.17. The van der Waals surface area contributed by atoms with Gasteiger partial charge in [0.2, 0.25) is 0 Å². The number of ether oxygens (including phenoxy) is 1. The third-order valence-electron chi connectivity index (χ3n) is 3.12. The monoisotopic (exact) mass is 550 g/mol. The van der Waals surface area contributed by atoms with E-state index in [-0.39, 0.29) is 41.3 Å². The highest BCUT2D eigenvalue weighted by atomic mass is 127. The van der Waals surface area contributed by atoms with Crippen LogP contribution in [0.4, 0.5) is 8.78 Å². The number of benzene rings is 1. The maximum Gasteiger partial charge on any atom is 0.387 e. The van der Waals surface area contributed by atoms with Crippen LogP contribution in [0.25, 0.3) is 0 Å². The van der Waals surface area contributed by atoms with Crippen LogP contribution in [0.3, 0.4) is 0 Å². The standard InChI is InChI=1S/C16H18Cl2F2N4OS.HI/c1-3-21-16(24-8-13-22-6-9(2)26-13)23-7-10-4-11(17)5-12(18)14(10)25-15(19)20;/h4-6,15H,3,7-8H2,1-2H3,(H2,21,23,24);1H. The van der Waals surface area contributed by atoms with Crippen LogP contribution in [-0.4, -0.2) is 24.1 Å². The van der Waals surface area contributed by atoms with E-state index in [4.69, 9.17) is 23.2 Å². The van der Waals surface area contributed by atoms with Crippen LogP contribution < -0.4 is 15.4 Å². The molecule has 150 valence electrons. The lowest BCUT2D eigenvalue weighted by molar-refractivity contribution is -0.0503. The lowest BCUT2D eigenvalue weighted by Gasteiger charge is -2.13. The third-order valence-corrected chi connectivity index (χ3v) is 4.53. The predicted molar refractivity (Wildman–Crippen MR) is 117 cm³/mol. The summed E-state index contributed by atoms with van der Waals surface area (Å²) in [5, 5.41) is 7.47. The first-order chi connectivity index (χ1) is 12.4. The quantitative estimate of drug-likeness (QED) is 0.281. The van der Waals surface area contributed by atoms with Gasteiger partial charge in [-0.3, -0.25) is 0 Å². The third kappa shape index (κ3) is 7.92. The largest absolute Gasteiger partial charge is 0.433 e. The van der Waals surface area contributed by atoms with E-state index in [1.807, 2.05) is 13.8 Å². The lowest BCUT2D eigenvalue weighted by Crippen LogP contribution is -2.36. The maximum absolute atomic E-state index is 12.6. The summed E-state index contributed by atoms with van der Waals surface area (Å²) in [6.07, 6.45) is 1.80. The molecule has 0 atom stereocenters. The molecule has 0 aliphatic carbocycles. The molecule has 27 heavy (non-hydrogen) atoms. The van der Waals surface area contributed by atoms with Gasteiger partial charge in [-0.15, -0.1) is 35.3 Å². The van der Waals surface area contributed by atoms with E-state index in [9.17, 15) is 8.78 Å². The second kappa shape index (κ2) is 11.8. The number of guanidine groups is 1. The van der Waals surface area contributed by atoms with E-state index in [0.717, 1.165) is 9.88 Å². The molecule has 5 nitrogen and oxygen atoms in total. The molecule has 0 saturated carbocycles. The summed E-state index contributed by atoms with van der Waals surface area (Å²) < 4.78 is 29.8. The summed E-state index contributed by atoms with van der Waals surface area (Å²) in [5.74, 6) is 0.390. The Morgan fingerprint density at radius 2 is 2.07 bits per heavy atom. The van der Waals surface area contributed by atoms with Crippen LogP contribution in [0.15, 0.2) is 23.3 Å². The van der Waals surface area contributed by atoms with Gasteiger partial charge in [0, 0.05) is 28.2 Å². The van der Waals surface area contributed by atoms with Crippen molar-refractivity contribution in [2.24, 2.45) is 4.99 Å². The van der Waals surface area contributed by atoms with Gasteiger partial charge < -0.3 is 15.4 Å². The highest BCUT2D eigenvalue weighted by Crippen LogP contribution is 2.34. The van der Waals surface area contributed by atoms with Gasteiger partial charge in [0.1, 0.15) is 10.8 Å². The Labute approximate surface area is 187 Å². The Balaban J connectivity index is 0.00000364. The Hall–Kier alpha value is -0.910. The Bertz CT molecular complexity index is 777. The average molecular weight is 551 g/mol. The van der Waals surface area contributed by atoms with E-state index >= 15 is 0 Å². The summed E-state index contributed by atoms with van der Waals surface area (Å²) in [6.45, 7) is 2.12. The molecule has 11 heteroatoms. The fraction of sp³-hybridized carbons (Fsp3) is 0.375. The Kier molecular flexibility index (Phi) is 10.6. The van der Waals surface area contributed by atoms with Crippen molar-refractivity contribution in [1.82, 2.24) is 15.6 Å². The number of thiazole rings is 1. The second-order valence-corrected chi connectivity index (χ2v) is 7.33. The fourth-order valence-corrected chi connectivity index (χ4v) is 3.41. The van der Waals surface area contributed by atoms with Crippen molar-refractivity contribution in [3.63, 3.8) is 0 Å². The zero-order valence-electron chi connectivity index (χ0n) is 14.6. The van der Waals surface area contributed by atoms with Gasteiger partial charge in [0.25, 0.3) is 0 Å². The van der Waals surface area contributed by atoms with Crippen LogP contribution in [-0.2, 0) is 13.1 Å². The van der Waals surface area contributed by atoms with Crippen molar-refractivity contribution >= 4 is 64.5 Å². The van der Waals surface area contributed by atoms with Gasteiger partial charge in [0.05, 0.1) is 18.1 Å². The number of nitrogens with zero attached hydrogens (tertiary/aromatic N) is 2. The van der Waals surface area contributed by atoms with E-state index in [2.05, 4.69) is 25.3 Å². The van der Waals surface area contributed by atoms with Crippen molar-refractivity contribution in [3.05, 3.63) is 43.8 Å². The summed E-state index contributed by atoms with van der Waals surface area (Å²) in [5.41, 5.74) is 0.366. The zero-order chi connectivity index (χ0) is 19.1. The molecule has 1 aromatic heterocycles. The van der Waals surface area contributed by atoms with Crippen LogP contribution in [0, 0.1) is 6.92 Å². The summed E-state index contributed by atoms with van der Waals surface area (Å²) in [6, 6.07) is 2.85. The number of aryl methyl sites for hydroxylation is 1. The molecule has 0 bridgehead atoms. The van der Waals surface area contributed by atoms with Crippen molar-refractivity contribution in [1.29, 1.82) is 0 Å². The highest BCUT2D eigenvalue weighted by molar-refractivity contribution is 14.0. The van der Waals surface area contributed by atoms with Gasteiger partial charge in [0.15, 0.2) is 5.96 Å². The van der Waals surface area contributed by atoms with E-state index in [1.165, 1.54) is 12.1 Å². The predicted octanol–water partition coefficient (Wildman–Crippen LogP) is 5.23. The van der Waals surface area contributed by atoms with E-state index in [0.29, 0.717) is 29.6 Å². The first-order valence-electron chi connectivity index (χ1n) is 7.75. The molecule has 2 N–H and O–H groups in total. The van der Waals surface area contributed by atoms with Gasteiger partial charge in [-0.1, -0.05) is 23.2 Å². The van der Waals surface area contributed by atoms with Crippen LogP contribution in [0.1, 0.15) is 22.4 Å². The molecule has 0 saturated heterocycles. The molecule has 0 spiro atoms. The molecule has 0 aliphatic heterocycles. The van der Waals surface area contributed by atoms with Crippen molar-refractivity contribution < 1.29 is 13.5 Å². The lowest BCUT2D eigenvalue weighted by atomic mass is 10.2. The van der Waals surface area contributed by atoms with Gasteiger partial charge in [-0.25, -0.2) is 9.98 Å². The zero-order valence-corrected chi connectivity index (χ0v) is 19.2.